The highest BCUT2D eigenvalue weighted by Crippen LogP contribution is 2.43. The second-order valence-electron chi connectivity index (χ2n) is 13.5. The summed E-state index contributed by atoms with van der Waals surface area (Å²) < 4.78 is 27.7. The van der Waals surface area contributed by atoms with Crippen molar-refractivity contribution in [3.05, 3.63) is 59.4 Å². The maximum Gasteiger partial charge on any atom is 0.245 e. The Bertz CT molecular complexity index is 1630. The molecule has 0 aliphatic carbocycles. The van der Waals surface area contributed by atoms with Gasteiger partial charge in [-0.15, -0.1) is 0 Å². The molecule has 2 saturated heterocycles. The summed E-state index contributed by atoms with van der Waals surface area (Å²) in [6.07, 6.45) is -6.65. The summed E-state index contributed by atoms with van der Waals surface area (Å²) in [4.78, 5) is 28.8. The average Bonchev–Trinajstić information content (AvgIpc) is 3.62. The van der Waals surface area contributed by atoms with E-state index in [2.05, 4.69) is 10.6 Å². The van der Waals surface area contributed by atoms with Crippen molar-refractivity contribution in [3.63, 3.8) is 0 Å². The van der Waals surface area contributed by atoms with Crippen LogP contribution < -0.4 is 10.6 Å². The predicted molar refractivity (Wildman–Crippen MR) is 181 cm³/mol. The highest BCUT2D eigenvalue weighted by atomic mass is 19.1. The number of methoxy groups -OCH3 is 1. The molecule has 2 aromatic carbocycles. The number of carbonyl (C=O) groups is 2. The van der Waals surface area contributed by atoms with Crippen LogP contribution in [0.4, 0.5) is 4.39 Å². The Kier molecular flexibility index (Phi) is 11.4. The number of aliphatic hydroxyl groups is 4. The average molecular weight is 685 g/mol. The van der Waals surface area contributed by atoms with Gasteiger partial charge in [0.25, 0.3) is 0 Å². The van der Waals surface area contributed by atoms with Crippen LogP contribution in [0.15, 0.2) is 42.5 Å². The number of fused-ring (bicyclic) bond motifs is 1. The Balaban J connectivity index is 1.63. The van der Waals surface area contributed by atoms with Gasteiger partial charge in [-0.05, 0) is 94.6 Å². The fourth-order valence-corrected chi connectivity index (χ4v) is 7.13. The molecule has 1 unspecified atom stereocenters. The van der Waals surface area contributed by atoms with Gasteiger partial charge in [0.15, 0.2) is 6.23 Å². The number of hydrogen-bond donors (Lipinski definition) is 6. The van der Waals surface area contributed by atoms with Crippen molar-refractivity contribution in [2.24, 2.45) is 0 Å². The van der Waals surface area contributed by atoms with Crippen molar-refractivity contribution >= 4 is 22.7 Å². The minimum absolute atomic E-state index is 0.0639. The quantitative estimate of drug-likeness (QED) is 0.177. The van der Waals surface area contributed by atoms with Crippen molar-refractivity contribution in [2.45, 2.75) is 108 Å². The summed E-state index contributed by atoms with van der Waals surface area (Å²) in [5.41, 5.74) is 3.53. The standard InChI is InChI=1S/C36H49FN4O8/c1-18-8-7-9-28-29(18)26(30(22-10-12-23(37)13-11-22)41(28)36-33(45)32(44)31(43)21(4)49-36)16-24-15-25(42)17-40(24)35(47)27(14-19(2)48-6)39-34(46)20(3)38-5/h7-13,19-21,24-25,27,31-33,36,38,42-45H,14-17H2,1-6H3,(H,39,46)/t19-,20-,21-,24-,25-,27-,31+,32+,33-,36?/m0/s1. The number of nitrogens with one attached hydrogen (secondary N) is 2. The molecule has 12 nitrogen and oxygen atoms in total. The van der Waals surface area contributed by atoms with E-state index in [-0.39, 0.29) is 43.7 Å². The molecule has 2 aliphatic rings. The lowest BCUT2D eigenvalue weighted by Crippen LogP contribution is -2.54. The summed E-state index contributed by atoms with van der Waals surface area (Å²) in [6, 6.07) is 9.63. The number of carbonyl (C=O) groups excluding carboxylic acids is 2. The topological polar surface area (TPSA) is 166 Å². The highest BCUT2D eigenvalue weighted by Gasteiger charge is 2.45. The van der Waals surface area contributed by atoms with Crippen LogP contribution in [0.3, 0.4) is 0 Å². The Morgan fingerprint density at radius 2 is 1.76 bits per heavy atom. The Labute approximate surface area is 285 Å². The van der Waals surface area contributed by atoms with Crippen LogP contribution in [0, 0.1) is 12.7 Å². The Morgan fingerprint density at radius 3 is 2.41 bits per heavy atom. The molecule has 49 heavy (non-hydrogen) atoms. The lowest BCUT2D eigenvalue weighted by molar-refractivity contribution is -0.238. The van der Waals surface area contributed by atoms with Crippen LogP contribution >= 0.6 is 0 Å². The molecule has 2 amide bonds. The molecular formula is C36H49FN4O8. The van der Waals surface area contributed by atoms with E-state index in [0.29, 0.717) is 16.8 Å². The first-order valence-corrected chi connectivity index (χ1v) is 16.8. The minimum Gasteiger partial charge on any atom is -0.391 e. The molecular weight excluding hydrogens is 635 g/mol. The molecule has 3 heterocycles. The van der Waals surface area contributed by atoms with Gasteiger partial charge in [0.1, 0.15) is 30.2 Å². The summed E-state index contributed by atoms with van der Waals surface area (Å²) >= 11 is 0. The second-order valence-corrected chi connectivity index (χ2v) is 13.5. The molecule has 0 saturated carbocycles. The minimum atomic E-state index is -1.51. The third-order valence-corrected chi connectivity index (χ3v) is 10.1. The van der Waals surface area contributed by atoms with Gasteiger partial charge in [-0.1, -0.05) is 12.1 Å². The zero-order valence-electron chi connectivity index (χ0n) is 28.8. The summed E-state index contributed by atoms with van der Waals surface area (Å²) in [6.45, 7) is 7.13. The monoisotopic (exact) mass is 684 g/mol. The third-order valence-electron chi connectivity index (χ3n) is 10.1. The number of hydrogen-bond acceptors (Lipinski definition) is 9. The van der Waals surface area contributed by atoms with Crippen molar-refractivity contribution in [1.82, 2.24) is 20.1 Å². The Hall–Kier alpha value is -3.43. The van der Waals surface area contributed by atoms with Gasteiger partial charge in [-0.2, -0.15) is 0 Å². The van der Waals surface area contributed by atoms with Gasteiger partial charge in [-0.3, -0.25) is 9.59 Å². The number of aromatic nitrogens is 1. The number of likely N-dealkylation sites (N-methyl/N-ethyl adjacent to an activating group) is 1. The Morgan fingerprint density at radius 1 is 1.06 bits per heavy atom. The van der Waals surface area contributed by atoms with E-state index in [1.54, 1.807) is 42.5 Å². The normalized spacial score (nSPS) is 27.7. The number of aryl methyl sites for hydroxylation is 1. The highest BCUT2D eigenvalue weighted by molar-refractivity contribution is 5.95. The smallest absolute Gasteiger partial charge is 0.245 e. The second kappa shape index (κ2) is 15.2. The number of halogens is 1. The molecule has 6 N–H and O–H groups in total. The first-order valence-electron chi connectivity index (χ1n) is 16.8. The number of amides is 2. The fourth-order valence-electron chi connectivity index (χ4n) is 7.13. The number of β-amino-alcohol motifs (C(OH)–C–C–N with tert-alkyl or cyclic N) is 1. The fraction of sp³-hybridized carbons (Fsp3) is 0.556. The SMILES string of the molecule is CN[C@@H](C)C(=O)N[C@@H](C[C@H](C)OC)C(=O)N1C[C@@H](O)C[C@H]1Cc1c(-c2ccc(F)cc2)n(C2O[C@@H](C)[C@@H](O)[C@@H](O)[C@@H]2O)c2cccc(C)c12. The summed E-state index contributed by atoms with van der Waals surface area (Å²) in [5, 5.41) is 50.1. The maximum absolute atomic E-state index is 14.3. The predicted octanol–water partition coefficient (Wildman–Crippen LogP) is 1.78. The van der Waals surface area contributed by atoms with E-state index >= 15 is 0 Å². The molecule has 0 spiro atoms. The maximum atomic E-state index is 14.3. The number of likely N-dealkylation sites (tertiary alicyclic amines) is 1. The number of aliphatic hydroxyl groups excluding tert-OH is 4. The van der Waals surface area contributed by atoms with Crippen LogP contribution in [0.5, 0.6) is 0 Å². The van der Waals surface area contributed by atoms with E-state index in [9.17, 15) is 34.4 Å². The van der Waals surface area contributed by atoms with Crippen molar-refractivity contribution < 1.29 is 43.9 Å². The number of ether oxygens (including phenoxy) is 2. The van der Waals surface area contributed by atoms with Gasteiger partial charge in [0.05, 0.1) is 35.6 Å². The zero-order chi connectivity index (χ0) is 35.7. The largest absolute Gasteiger partial charge is 0.391 e. The van der Waals surface area contributed by atoms with Gasteiger partial charge >= 0.3 is 0 Å². The first kappa shape index (κ1) is 36.8. The number of benzene rings is 2. The molecule has 3 aromatic rings. The van der Waals surface area contributed by atoms with Crippen LogP contribution in [-0.2, 0) is 25.5 Å². The molecule has 10 atom stereocenters. The van der Waals surface area contributed by atoms with E-state index in [1.165, 1.54) is 19.2 Å². The first-order chi connectivity index (χ1) is 23.3. The molecule has 2 aliphatic heterocycles. The van der Waals surface area contributed by atoms with E-state index < -0.39 is 60.7 Å². The van der Waals surface area contributed by atoms with Crippen molar-refractivity contribution in [3.8, 4) is 11.3 Å². The van der Waals surface area contributed by atoms with Crippen LogP contribution in [0.2, 0.25) is 0 Å². The summed E-state index contributed by atoms with van der Waals surface area (Å²) in [5.74, 6) is -1.12. The van der Waals surface area contributed by atoms with Gasteiger partial charge in [-0.25, -0.2) is 4.39 Å². The zero-order valence-corrected chi connectivity index (χ0v) is 28.8. The van der Waals surface area contributed by atoms with Gasteiger partial charge < -0.3 is 50.0 Å². The van der Waals surface area contributed by atoms with E-state index in [0.717, 1.165) is 16.5 Å². The van der Waals surface area contributed by atoms with Crippen LogP contribution in [0.1, 0.15) is 51.0 Å². The lowest BCUT2D eigenvalue weighted by atomic mass is 9.95. The molecule has 2 fully saturated rings. The molecule has 5 rings (SSSR count). The molecule has 1 aromatic heterocycles. The third kappa shape index (κ3) is 7.39. The van der Waals surface area contributed by atoms with E-state index in [1.807, 2.05) is 32.0 Å². The van der Waals surface area contributed by atoms with Crippen molar-refractivity contribution in [1.29, 1.82) is 0 Å². The number of nitrogens with zero attached hydrogens (tertiary/aromatic N) is 2. The molecule has 13 heteroatoms. The van der Waals surface area contributed by atoms with Gasteiger partial charge in [0.2, 0.25) is 11.8 Å². The molecule has 0 radical (unpaired) electrons. The van der Waals surface area contributed by atoms with E-state index in [4.69, 9.17) is 9.47 Å². The number of rotatable bonds is 11. The molecule has 0 bridgehead atoms. The summed E-state index contributed by atoms with van der Waals surface area (Å²) in [7, 11) is 3.19. The van der Waals surface area contributed by atoms with Crippen molar-refractivity contribution in [2.75, 3.05) is 20.7 Å². The van der Waals surface area contributed by atoms with Crippen LogP contribution in [0.25, 0.3) is 22.2 Å². The molecule has 268 valence electrons. The van der Waals surface area contributed by atoms with Crippen LogP contribution in [-0.4, -0.2) is 117 Å². The lowest BCUT2D eigenvalue weighted by Gasteiger charge is -2.41. The van der Waals surface area contributed by atoms with Gasteiger partial charge in [0, 0.05) is 31.5 Å².